The van der Waals surface area contributed by atoms with Crippen molar-refractivity contribution in [2.75, 3.05) is 27.3 Å². The van der Waals surface area contributed by atoms with Gasteiger partial charge in [-0.3, -0.25) is 14.4 Å². The maximum atomic E-state index is 12.6. The molecule has 0 fully saturated rings. The van der Waals surface area contributed by atoms with Crippen LogP contribution in [0.5, 0.6) is 0 Å². The van der Waals surface area contributed by atoms with Gasteiger partial charge in [-0.2, -0.15) is 0 Å². The van der Waals surface area contributed by atoms with Gasteiger partial charge in [-0.15, -0.1) is 0 Å². The van der Waals surface area contributed by atoms with Gasteiger partial charge in [-0.25, -0.2) is 0 Å². The molecule has 0 bridgehead atoms. The quantitative estimate of drug-likeness (QED) is 0.745. The second kappa shape index (κ2) is 8.47. The molecule has 1 aromatic rings. The van der Waals surface area contributed by atoms with Crippen molar-refractivity contribution in [3.63, 3.8) is 0 Å². The lowest BCUT2D eigenvalue weighted by atomic mass is 9.86. The van der Waals surface area contributed by atoms with Crippen molar-refractivity contribution in [2.45, 2.75) is 32.6 Å². The summed E-state index contributed by atoms with van der Waals surface area (Å²) in [5, 5.41) is 0. The van der Waals surface area contributed by atoms with Gasteiger partial charge in [0.1, 0.15) is 6.54 Å². The normalized spacial score (nSPS) is 10.9. The van der Waals surface area contributed by atoms with Crippen LogP contribution in [0.4, 0.5) is 0 Å². The first-order valence-electron chi connectivity index (χ1n) is 7.72. The molecular formula is C18H25NO5. The third-order valence-electron chi connectivity index (χ3n) is 3.65. The monoisotopic (exact) mass is 335 g/mol. The molecule has 0 N–H and O–H groups in total. The molecule has 0 radical (unpaired) electrons. The Kier molecular flexibility index (Phi) is 6.95. The zero-order chi connectivity index (χ0) is 18.3. The van der Waals surface area contributed by atoms with Crippen LogP contribution in [0.2, 0.25) is 0 Å². The van der Waals surface area contributed by atoms with E-state index in [9.17, 15) is 14.4 Å². The van der Waals surface area contributed by atoms with Crippen LogP contribution in [0.15, 0.2) is 24.3 Å². The van der Waals surface area contributed by atoms with Gasteiger partial charge in [0.25, 0.3) is 5.91 Å². The number of ether oxygens (including phenoxy) is 2. The first-order chi connectivity index (χ1) is 11.2. The minimum atomic E-state index is -0.542. The predicted octanol–water partition coefficient (Wildman–Crippen LogP) is 2.16. The van der Waals surface area contributed by atoms with Crippen LogP contribution in [-0.2, 0) is 24.5 Å². The number of esters is 2. The molecule has 1 rings (SSSR count). The van der Waals surface area contributed by atoms with Crippen LogP contribution in [-0.4, -0.2) is 50.1 Å². The molecule has 1 amide bonds. The van der Waals surface area contributed by atoms with E-state index in [4.69, 9.17) is 0 Å². The van der Waals surface area contributed by atoms with Crippen molar-refractivity contribution in [1.29, 1.82) is 0 Å². The summed E-state index contributed by atoms with van der Waals surface area (Å²) < 4.78 is 9.19. The van der Waals surface area contributed by atoms with E-state index in [1.165, 1.54) is 19.1 Å². The number of methoxy groups -OCH3 is 2. The summed E-state index contributed by atoms with van der Waals surface area (Å²) in [6, 6.07) is 7.24. The molecule has 6 heteroatoms. The summed E-state index contributed by atoms with van der Waals surface area (Å²) in [5.41, 5.74) is 1.54. The number of hydrogen-bond donors (Lipinski definition) is 0. The van der Waals surface area contributed by atoms with Crippen LogP contribution in [0.1, 0.15) is 43.1 Å². The molecule has 0 aliphatic carbocycles. The molecule has 0 spiro atoms. The standard InChI is InChI=1S/C18H25NO5/c1-18(2,3)14-8-6-13(7-9-14)17(22)19(12-16(21)24-5)11-10-15(20)23-4/h6-9H,10-12H2,1-5H3. The minimum Gasteiger partial charge on any atom is -0.469 e. The van der Waals surface area contributed by atoms with E-state index in [2.05, 4.69) is 30.2 Å². The van der Waals surface area contributed by atoms with Gasteiger partial charge in [-0.05, 0) is 23.1 Å². The SMILES string of the molecule is COC(=O)CCN(CC(=O)OC)C(=O)c1ccc(C(C)(C)C)cc1. The van der Waals surface area contributed by atoms with Crippen molar-refractivity contribution in [3.8, 4) is 0 Å². The Morgan fingerprint density at radius 3 is 1.96 bits per heavy atom. The van der Waals surface area contributed by atoms with Gasteiger partial charge >= 0.3 is 11.9 Å². The molecule has 1 aromatic carbocycles. The zero-order valence-electron chi connectivity index (χ0n) is 14.9. The van der Waals surface area contributed by atoms with E-state index in [1.54, 1.807) is 12.1 Å². The first-order valence-corrected chi connectivity index (χ1v) is 7.72. The molecule has 0 saturated heterocycles. The third-order valence-corrected chi connectivity index (χ3v) is 3.65. The Bertz CT molecular complexity index is 586. The number of hydrogen-bond acceptors (Lipinski definition) is 5. The fraction of sp³-hybridized carbons (Fsp3) is 0.500. The van der Waals surface area contributed by atoms with E-state index in [0.717, 1.165) is 5.56 Å². The molecule has 0 aliphatic heterocycles. The lowest BCUT2D eigenvalue weighted by molar-refractivity contribution is -0.143. The summed E-state index contributed by atoms with van der Waals surface area (Å²) in [6.45, 7) is 6.13. The van der Waals surface area contributed by atoms with E-state index in [0.29, 0.717) is 5.56 Å². The Morgan fingerprint density at radius 1 is 0.958 bits per heavy atom. The van der Waals surface area contributed by atoms with E-state index in [1.807, 2.05) is 12.1 Å². The van der Waals surface area contributed by atoms with Crippen LogP contribution in [0.3, 0.4) is 0 Å². The fourth-order valence-corrected chi connectivity index (χ4v) is 2.10. The van der Waals surface area contributed by atoms with Gasteiger partial charge in [0.05, 0.1) is 20.6 Å². The molecule has 0 atom stereocenters. The van der Waals surface area contributed by atoms with Gasteiger partial charge in [0.2, 0.25) is 0 Å². The van der Waals surface area contributed by atoms with Crippen LogP contribution >= 0.6 is 0 Å². The Labute approximate surface area is 142 Å². The number of carbonyl (C=O) groups excluding carboxylic acids is 3. The topological polar surface area (TPSA) is 72.9 Å². The van der Waals surface area contributed by atoms with Gasteiger partial charge in [-0.1, -0.05) is 32.9 Å². The van der Waals surface area contributed by atoms with Crippen molar-refractivity contribution in [3.05, 3.63) is 35.4 Å². The molecule has 6 nitrogen and oxygen atoms in total. The highest BCUT2D eigenvalue weighted by atomic mass is 16.5. The molecule has 24 heavy (non-hydrogen) atoms. The number of carbonyl (C=O) groups is 3. The lowest BCUT2D eigenvalue weighted by Crippen LogP contribution is -2.37. The predicted molar refractivity (Wildman–Crippen MR) is 89.7 cm³/mol. The second-order valence-corrected chi connectivity index (χ2v) is 6.46. The number of nitrogens with zero attached hydrogens (tertiary/aromatic N) is 1. The largest absolute Gasteiger partial charge is 0.469 e. The van der Waals surface area contributed by atoms with E-state index in [-0.39, 0.29) is 30.8 Å². The maximum absolute atomic E-state index is 12.6. The molecule has 0 saturated carbocycles. The summed E-state index contributed by atoms with van der Waals surface area (Å²) in [7, 11) is 2.53. The number of amides is 1. The second-order valence-electron chi connectivity index (χ2n) is 6.46. The summed E-state index contributed by atoms with van der Waals surface area (Å²) in [5.74, 6) is -1.31. The number of benzene rings is 1. The molecular weight excluding hydrogens is 310 g/mol. The maximum Gasteiger partial charge on any atom is 0.325 e. The highest BCUT2D eigenvalue weighted by Gasteiger charge is 2.21. The van der Waals surface area contributed by atoms with Crippen LogP contribution < -0.4 is 0 Å². The fourth-order valence-electron chi connectivity index (χ4n) is 2.10. The van der Waals surface area contributed by atoms with Crippen LogP contribution in [0.25, 0.3) is 0 Å². The van der Waals surface area contributed by atoms with Crippen molar-refractivity contribution >= 4 is 17.8 Å². The van der Waals surface area contributed by atoms with E-state index < -0.39 is 11.9 Å². The Hall–Kier alpha value is -2.37. The van der Waals surface area contributed by atoms with Gasteiger partial charge < -0.3 is 14.4 Å². The summed E-state index contributed by atoms with van der Waals surface area (Å²) in [6.07, 6.45) is 0.0132. The van der Waals surface area contributed by atoms with Crippen molar-refractivity contribution in [2.24, 2.45) is 0 Å². The van der Waals surface area contributed by atoms with Gasteiger partial charge in [0, 0.05) is 12.1 Å². The highest BCUT2D eigenvalue weighted by Crippen LogP contribution is 2.22. The Balaban J connectivity index is 2.93. The first kappa shape index (κ1) is 19.7. The average Bonchev–Trinajstić information content (AvgIpc) is 2.56. The summed E-state index contributed by atoms with van der Waals surface area (Å²) >= 11 is 0. The zero-order valence-corrected chi connectivity index (χ0v) is 14.9. The minimum absolute atomic E-state index is 0.0132. The highest BCUT2D eigenvalue weighted by molar-refractivity contribution is 5.96. The molecule has 0 aliphatic rings. The van der Waals surface area contributed by atoms with Crippen molar-refractivity contribution < 1.29 is 23.9 Å². The Morgan fingerprint density at radius 2 is 1.50 bits per heavy atom. The van der Waals surface area contributed by atoms with Crippen molar-refractivity contribution in [1.82, 2.24) is 4.90 Å². The molecule has 0 unspecified atom stereocenters. The van der Waals surface area contributed by atoms with E-state index >= 15 is 0 Å². The number of rotatable bonds is 6. The smallest absolute Gasteiger partial charge is 0.325 e. The summed E-state index contributed by atoms with van der Waals surface area (Å²) in [4.78, 5) is 36.7. The molecule has 0 heterocycles. The molecule has 0 aromatic heterocycles. The average molecular weight is 335 g/mol. The third kappa shape index (κ3) is 5.68. The van der Waals surface area contributed by atoms with Gasteiger partial charge in [0.15, 0.2) is 0 Å². The van der Waals surface area contributed by atoms with Crippen LogP contribution in [0, 0.1) is 0 Å². The lowest BCUT2D eigenvalue weighted by Gasteiger charge is -2.22. The molecule has 132 valence electrons.